The Kier molecular flexibility index (Phi) is 5.05. The van der Waals surface area contributed by atoms with Crippen LogP contribution in [0.2, 0.25) is 0 Å². The van der Waals surface area contributed by atoms with Crippen LogP contribution in [0.5, 0.6) is 5.75 Å². The Morgan fingerprint density at radius 3 is 2.76 bits per heavy atom. The van der Waals surface area contributed by atoms with E-state index in [-0.39, 0.29) is 17.9 Å². The van der Waals surface area contributed by atoms with Gasteiger partial charge in [-0.05, 0) is 29.8 Å². The zero-order chi connectivity index (χ0) is 23.2. The van der Waals surface area contributed by atoms with E-state index in [2.05, 4.69) is 25.2 Å². The summed E-state index contributed by atoms with van der Waals surface area (Å²) in [6.45, 7) is -0.678. The molecule has 0 radical (unpaired) electrons. The standard InChI is InChI=1S/C22H17F4N5O2/c23-15-4-3-11(14-9-30-31-20(14)15)18-13-8-17(32-6-7-33-22(24,25)26)21-12(2-1-5-28-21)19(13)29-10-16(18)27/h1-5,8-9,29H,6-7,10,27H2,(H,30,31). The minimum absolute atomic E-state index is 0.246. The maximum Gasteiger partial charge on any atom is 0.522 e. The molecule has 7 nitrogen and oxygen atoms in total. The van der Waals surface area contributed by atoms with E-state index in [1.807, 2.05) is 6.07 Å². The van der Waals surface area contributed by atoms with Gasteiger partial charge in [0.1, 0.15) is 29.2 Å². The lowest BCUT2D eigenvalue weighted by atomic mass is 9.88. The minimum Gasteiger partial charge on any atom is -0.489 e. The number of fused-ring (bicyclic) bond motifs is 4. The molecule has 0 spiro atoms. The van der Waals surface area contributed by atoms with Crippen molar-refractivity contribution in [3.8, 4) is 5.75 Å². The number of H-pyrrole nitrogens is 1. The van der Waals surface area contributed by atoms with Crippen LogP contribution in [0.4, 0.5) is 23.2 Å². The first-order valence-electron chi connectivity index (χ1n) is 9.93. The SMILES string of the molecule is NC1=C(c2ccc(F)c3[nH]ncc23)c2cc(OCCOC(F)(F)F)c3ncccc3c2NC1. The fourth-order valence-electron chi connectivity index (χ4n) is 4.01. The first-order valence-corrected chi connectivity index (χ1v) is 9.93. The van der Waals surface area contributed by atoms with Crippen LogP contribution in [0.25, 0.3) is 27.4 Å². The Balaban J connectivity index is 1.64. The van der Waals surface area contributed by atoms with Crippen molar-refractivity contribution in [2.45, 2.75) is 6.36 Å². The third-order valence-electron chi connectivity index (χ3n) is 5.34. The number of nitrogens with two attached hydrogens (primary N) is 1. The molecule has 2 aromatic carbocycles. The number of nitrogens with zero attached hydrogens (tertiary/aromatic N) is 2. The largest absolute Gasteiger partial charge is 0.522 e. The van der Waals surface area contributed by atoms with Crippen LogP contribution in [0.3, 0.4) is 0 Å². The van der Waals surface area contributed by atoms with E-state index in [0.717, 1.165) is 5.69 Å². The zero-order valence-corrected chi connectivity index (χ0v) is 17.0. The minimum atomic E-state index is -4.74. The summed E-state index contributed by atoms with van der Waals surface area (Å²) in [5.41, 5.74) is 10.3. The van der Waals surface area contributed by atoms with Gasteiger partial charge in [-0.15, -0.1) is 13.2 Å². The first kappa shape index (κ1) is 21.0. The predicted molar refractivity (Wildman–Crippen MR) is 114 cm³/mol. The number of hydrogen-bond donors (Lipinski definition) is 3. The predicted octanol–water partition coefficient (Wildman–Crippen LogP) is 4.31. The Labute approximate surface area is 184 Å². The molecule has 5 rings (SSSR count). The van der Waals surface area contributed by atoms with Gasteiger partial charge in [-0.2, -0.15) is 5.10 Å². The third kappa shape index (κ3) is 3.80. The van der Waals surface area contributed by atoms with Crippen molar-refractivity contribution < 1.29 is 27.0 Å². The van der Waals surface area contributed by atoms with Crippen LogP contribution in [0.15, 0.2) is 48.4 Å². The number of nitrogens with one attached hydrogen (secondary N) is 2. The number of rotatable bonds is 5. The summed E-state index contributed by atoms with van der Waals surface area (Å²) in [5, 5.41) is 11.1. The van der Waals surface area contributed by atoms with E-state index in [9.17, 15) is 17.6 Å². The molecule has 0 fully saturated rings. The second kappa shape index (κ2) is 7.93. The van der Waals surface area contributed by atoms with Crippen LogP contribution in [-0.4, -0.2) is 41.3 Å². The van der Waals surface area contributed by atoms with Crippen molar-refractivity contribution in [2.24, 2.45) is 5.73 Å². The van der Waals surface area contributed by atoms with E-state index in [0.29, 0.717) is 45.2 Å². The number of pyridine rings is 1. The molecule has 1 aliphatic rings. The van der Waals surface area contributed by atoms with Crippen LogP contribution in [0, 0.1) is 5.82 Å². The molecule has 0 amide bonds. The van der Waals surface area contributed by atoms with Crippen molar-refractivity contribution >= 4 is 33.1 Å². The zero-order valence-electron chi connectivity index (χ0n) is 17.0. The molecule has 0 atom stereocenters. The summed E-state index contributed by atoms with van der Waals surface area (Å²) in [4.78, 5) is 4.35. The lowest BCUT2D eigenvalue weighted by molar-refractivity contribution is -0.325. The highest BCUT2D eigenvalue weighted by molar-refractivity contribution is 6.07. The van der Waals surface area contributed by atoms with Crippen molar-refractivity contribution in [3.63, 3.8) is 0 Å². The number of benzene rings is 2. The monoisotopic (exact) mass is 459 g/mol. The second-order valence-corrected chi connectivity index (χ2v) is 7.35. The Morgan fingerprint density at radius 2 is 1.94 bits per heavy atom. The van der Waals surface area contributed by atoms with Crippen LogP contribution in [0.1, 0.15) is 11.1 Å². The van der Waals surface area contributed by atoms with Gasteiger partial charge in [0.25, 0.3) is 0 Å². The molecule has 4 aromatic rings. The molecule has 0 bridgehead atoms. The van der Waals surface area contributed by atoms with Crippen molar-refractivity contribution in [1.82, 2.24) is 15.2 Å². The molecule has 4 N–H and O–H groups in total. The molecule has 3 heterocycles. The number of anilines is 1. The molecular formula is C22H17F4N5O2. The number of alkyl halides is 3. The van der Waals surface area contributed by atoms with E-state index < -0.39 is 18.8 Å². The van der Waals surface area contributed by atoms with Crippen LogP contribution in [-0.2, 0) is 4.74 Å². The van der Waals surface area contributed by atoms with Gasteiger partial charge in [-0.1, -0.05) is 6.07 Å². The molecule has 0 saturated carbocycles. The highest BCUT2D eigenvalue weighted by Gasteiger charge is 2.29. The lowest BCUT2D eigenvalue weighted by Crippen LogP contribution is -2.21. The van der Waals surface area contributed by atoms with Crippen molar-refractivity contribution in [2.75, 3.05) is 25.1 Å². The van der Waals surface area contributed by atoms with Gasteiger partial charge in [-0.3, -0.25) is 14.8 Å². The summed E-state index contributed by atoms with van der Waals surface area (Å²) in [5.74, 6) is -0.175. The lowest BCUT2D eigenvalue weighted by Gasteiger charge is -2.26. The van der Waals surface area contributed by atoms with Crippen LogP contribution < -0.4 is 15.8 Å². The normalized spacial score (nSPS) is 13.9. The number of ether oxygens (including phenoxy) is 2. The van der Waals surface area contributed by atoms with Gasteiger partial charge < -0.3 is 15.8 Å². The molecular weight excluding hydrogens is 442 g/mol. The summed E-state index contributed by atoms with van der Waals surface area (Å²) >= 11 is 0. The maximum atomic E-state index is 14.2. The van der Waals surface area contributed by atoms with Gasteiger partial charge >= 0.3 is 6.36 Å². The van der Waals surface area contributed by atoms with Crippen molar-refractivity contribution in [3.05, 3.63) is 65.4 Å². The first-order chi connectivity index (χ1) is 15.8. The van der Waals surface area contributed by atoms with E-state index in [1.54, 1.807) is 24.4 Å². The number of aromatic nitrogens is 3. The van der Waals surface area contributed by atoms with Gasteiger partial charge in [0.15, 0.2) is 0 Å². The van der Waals surface area contributed by atoms with E-state index >= 15 is 0 Å². The van der Waals surface area contributed by atoms with Gasteiger partial charge in [0, 0.05) is 33.8 Å². The fourth-order valence-corrected chi connectivity index (χ4v) is 4.01. The molecule has 0 unspecified atom stereocenters. The van der Waals surface area contributed by atoms with Gasteiger partial charge in [0.05, 0.1) is 25.0 Å². The smallest absolute Gasteiger partial charge is 0.489 e. The molecule has 0 saturated heterocycles. The number of aromatic amines is 1. The average molecular weight is 459 g/mol. The van der Waals surface area contributed by atoms with Crippen molar-refractivity contribution in [1.29, 1.82) is 0 Å². The molecule has 0 aliphatic carbocycles. The van der Waals surface area contributed by atoms with Gasteiger partial charge in [-0.25, -0.2) is 4.39 Å². The molecule has 11 heteroatoms. The topological polar surface area (TPSA) is 98.1 Å². The highest BCUT2D eigenvalue weighted by Crippen LogP contribution is 2.43. The fraction of sp³-hybridized carbons (Fsp3) is 0.182. The quantitative estimate of drug-likeness (QED) is 0.304. The van der Waals surface area contributed by atoms with Crippen LogP contribution >= 0.6 is 0 Å². The average Bonchev–Trinajstić information content (AvgIpc) is 3.28. The summed E-state index contributed by atoms with van der Waals surface area (Å²) < 4.78 is 60.6. The Hall–Kier alpha value is -3.86. The number of hydrogen-bond acceptors (Lipinski definition) is 6. The highest BCUT2D eigenvalue weighted by atomic mass is 19.4. The van der Waals surface area contributed by atoms with Gasteiger partial charge in [0.2, 0.25) is 0 Å². The Morgan fingerprint density at radius 1 is 1.09 bits per heavy atom. The second-order valence-electron chi connectivity index (χ2n) is 7.35. The molecule has 2 aromatic heterocycles. The molecule has 170 valence electrons. The summed E-state index contributed by atoms with van der Waals surface area (Å²) in [7, 11) is 0. The maximum absolute atomic E-state index is 14.2. The third-order valence-corrected chi connectivity index (χ3v) is 5.34. The van der Waals surface area contributed by atoms with E-state index in [4.69, 9.17) is 10.5 Å². The number of halogens is 4. The molecule has 33 heavy (non-hydrogen) atoms. The summed E-state index contributed by atoms with van der Waals surface area (Å²) in [6.07, 6.45) is -1.66. The Bertz CT molecular complexity index is 1400. The summed E-state index contributed by atoms with van der Waals surface area (Å²) in [6, 6.07) is 8.18. The molecule has 1 aliphatic heterocycles. The van der Waals surface area contributed by atoms with E-state index in [1.165, 1.54) is 12.3 Å².